The molecule has 1 aromatic heterocycles. The number of carboxylic acids is 1. The Morgan fingerprint density at radius 3 is 2.57 bits per heavy atom. The number of rotatable bonds is 5. The van der Waals surface area contributed by atoms with Crippen LogP contribution in [0.25, 0.3) is 0 Å². The van der Waals surface area contributed by atoms with Crippen molar-refractivity contribution < 1.29 is 18.3 Å². The van der Waals surface area contributed by atoms with E-state index in [1.54, 1.807) is 18.2 Å². The molecule has 0 saturated carbocycles. The minimum atomic E-state index is -3.78. The van der Waals surface area contributed by atoms with Crippen LogP contribution in [0.5, 0.6) is 0 Å². The minimum Gasteiger partial charge on any atom is -0.477 e. The molecule has 0 amide bonds. The van der Waals surface area contributed by atoms with Gasteiger partial charge in [0.25, 0.3) is 0 Å². The van der Waals surface area contributed by atoms with Gasteiger partial charge in [-0.05, 0) is 39.7 Å². The highest BCUT2D eigenvalue weighted by Crippen LogP contribution is 2.31. The fraction of sp³-hybridized carbons (Fsp3) is 0.0833. The van der Waals surface area contributed by atoms with Gasteiger partial charge in [-0.25, -0.2) is 17.9 Å². The van der Waals surface area contributed by atoms with Crippen molar-refractivity contribution in [3.05, 3.63) is 49.0 Å². The number of sulfonamides is 1. The summed E-state index contributed by atoms with van der Waals surface area (Å²) in [7, 11) is -3.78. The lowest BCUT2D eigenvalue weighted by Crippen LogP contribution is -2.23. The predicted molar refractivity (Wildman–Crippen MR) is 87.1 cm³/mol. The highest BCUT2D eigenvalue weighted by atomic mass is 79.9. The van der Waals surface area contributed by atoms with E-state index in [0.717, 1.165) is 27.4 Å². The van der Waals surface area contributed by atoms with Crippen molar-refractivity contribution in [3.63, 3.8) is 0 Å². The molecule has 0 aliphatic carbocycles. The molecule has 0 atom stereocenters. The van der Waals surface area contributed by atoms with Crippen LogP contribution in [0.15, 0.2) is 43.5 Å². The van der Waals surface area contributed by atoms with Gasteiger partial charge in [-0.1, -0.05) is 28.1 Å². The number of halogens is 2. The normalized spacial score (nSPS) is 11.5. The average molecular weight is 455 g/mol. The van der Waals surface area contributed by atoms with Crippen molar-refractivity contribution in [1.82, 2.24) is 4.72 Å². The molecule has 2 rings (SSSR count). The minimum absolute atomic E-state index is 0.0373. The molecule has 0 spiro atoms. The van der Waals surface area contributed by atoms with E-state index in [9.17, 15) is 13.2 Å². The standard InChI is InChI=1S/C12H9Br2NO4S2/c13-8-3-1-2-7(4-8)6-15-21(18,19)10-5-9(12(16)17)20-11(10)14/h1-5,15H,6H2,(H,16,17). The van der Waals surface area contributed by atoms with Gasteiger partial charge in [0, 0.05) is 11.0 Å². The number of hydrogen-bond acceptors (Lipinski definition) is 4. The fourth-order valence-electron chi connectivity index (χ4n) is 1.54. The van der Waals surface area contributed by atoms with Crippen molar-refractivity contribution in [2.75, 3.05) is 0 Å². The molecule has 9 heteroatoms. The van der Waals surface area contributed by atoms with Crippen molar-refractivity contribution >= 4 is 59.2 Å². The summed E-state index contributed by atoms with van der Waals surface area (Å²) in [5, 5.41) is 8.90. The summed E-state index contributed by atoms with van der Waals surface area (Å²) in [5.74, 6) is -1.16. The Morgan fingerprint density at radius 2 is 2.00 bits per heavy atom. The maximum atomic E-state index is 12.2. The first kappa shape index (κ1) is 16.6. The van der Waals surface area contributed by atoms with Gasteiger partial charge in [0.1, 0.15) is 9.77 Å². The molecule has 0 saturated heterocycles. The number of aromatic carboxylic acids is 1. The molecule has 112 valence electrons. The molecule has 2 N–H and O–H groups in total. The zero-order valence-corrected chi connectivity index (χ0v) is 15.1. The Hall–Kier alpha value is -0.740. The van der Waals surface area contributed by atoms with Crippen LogP contribution in [0.4, 0.5) is 0 Å². The van der Waals surface area contributed by atoms with E-state index in [-0.39, 0.29) is 20.1 Å². The Kier molecular flexibility index (Phi) is 5.20. The van der Waals surface area contributed by atoms with Gasteiger partial charge >= 0.3 is 5.97 Å². The fourth-order valence-corrected chi connectivity index (χ4v) is 5.41. The molecule has 21 heavy (non-hydrogen) atoms. The number of carboxylic acid groups (broad SMARTS) is 1. The van der Waals surface area contributed by atoms with Crippen LogP contribution in [0.3, 0.4) is 0 Å². The lowest BCUT2D eigenvalue weighted by molar-refractivity contribution is 0.0702. The van der Waals surface area contributed by atoms with Crippen LogP contribution in [-0.4, -0.2) is 19.5 Å². The molecule has 0 aliphatic heterocycles. The van der Waals surface area contributed by atoms with Gasteiger partial charge in [0.15, 0.2) is 0 Å². The highest BCUT2D eigenvalue weighted by Gasteiger charge is 2.22. The van der Waals surface area contributed by atoms with Crippen LogP contribution in [-0.2, 0) is 16.6 Å². The van der Waals surface area contributed by atoms with Crippen molar-refractivity contribution in [3.8, 4) is 0 Å². The number of carbonyl (C=O) groups is 1. The zero-order chi connectivity index (χ0) is 15.6. The Bertz CT molecular complexity index is 786. The van der Waals surface area contributed by atoms with Crippen LogP contribution < -0.4 is 4.72 Å². The summed E-state index contributed by atoms with van der Waals surface area (Å²) in [4.78, 5) is 10.8. The summed E-state index contributed by atoms with van der Waals surface area (Å²) in [6.07, 6.45) is 0. The molecular weight excluding hydrogens is 446 g/mol. The lowest BCUT2D eigenvalue weighted by atomic mass is 10.2. The van der Waals surface area contributed by atoms with Gasteiger partial charge in [-0.2, -0.15) is 0 Å². The Morgan fingerprint density at radius 1 is 1.29 bits per heavy atom. The van der Waals surface area contributed by atoms with Gasteiger partial charge in [-0.3, -0.25) is 0 Å². The van der Waals surface area contributed by atoms with Crippen molar-refractivity contribution in [2.45, 2.75) is 11.4 Å². The van der Waals surface area contributed by atoms with Crippen LogP contribution >= 0.6 is 43.2 Å². The number of benzene rings is 1. The lowest BCUT2D eigenvalue weighted by Gasteiger charge is -2.06. The van der Waals surface area contributed by atoms with Gasteiger partial charge < -0.3 is 5.11 Å². The quantitative estimate of drug-likeness (QED) is 0.724. The van der Waals surface area contributed by atoms with E-state index >= 15 is 0 Å². The highest BCUT2D eigenvalue weighted by molar-refractivity contribution is 9.11. The second-order valence-corrected chi connectivity index (χ2v) is 9.03. The maximum Gasteiger partial charge on any atom is 0.345 e. The molecule has 0 unspecified atom stereocenters. The maximum absolute atomic E-state index is 12.2. The van der Waals surface area contributed by atoms with Crippen LogP contribution in [0.1, 0.15) is 15.2 Å². The van der Waals surface area contributed by atoms with E-state index in [1.807, 2.05) is 6.07 Å². The molecule has 2 aromatic rings. The van der Waals surface area contributed by atoms with E-state index in [2.05, 4.69) is 36.6 Å². The molecule has 1 aromatic carbocycles. The summed E-state index contributed by atoms with van der Waals surface area (Å²) in [6.45, 7) is 0.118. The molecule has 0 aliphatic rings. The first-order valence-corrected chi connectivity index (χ1v) is 9.45. The monoisotopic (exact) mass is 453 g/mol. The van der Waals surface area contributed by atoms with E-state index in [4.69, 9.17) is 5.11 Å². The number of hydrogen-bond donors (Lipinski definition) is 2. The zero-order valence-electron chi connectivity index (χ0n) is 10.3. The third kappa shape index (κ3) is 4.13. The Balaban J connectivity index is 2.21. The Labute approximate surface area is 142 Å². The van der Waals surface area contributed by atoms with E-state index in [0.29, 0.717) is 0 Å². The predicted octanol–water partition coefficient (Wildman–Crippen LogP) is 3.45. The SMILES string of the molecule is O=C(O)c1cc(S(=O)(=O)NCc2cccc(Br)c2)c(Br)s1. The summed E-state index contributed by atoms with van der Waals surface area (Å²) < 4.78 is 28.0. The van der Waals surface area contributed by atoms with Crippen LogP contribution in [0, 0.1) is 0 Å². The average Bonchev–Trinajstić information content (AvgIpc) is 2.80. The molecule has 0 radical (unpaired) electrons. The third-order valence-corrected chi connectivity index (χ3v) is 6.65. The second kappa shape index (κ2) is 6.57. The summed E-state index contributed by atoms with van der Waals surface area (Å²) >= 11 is 7.26. The topological polar surface area (TPSA) is 83.5 Å². The molecule has 0 fully saturated rings. The first-order chi connectivity index (χ1) is 9.79. The van der Waals surface area contributed by atoms with Gasteiger partial charge in [0.05, 0.1) is 3.79 Å². The molecule has 1 heterocycles. The van der Waals surface area contributed by atoms with Gasteiger partial charge in [-0.15, -0.1) is 11.3 Å². The van der Waals surface area contributed by atoms with Crippen molar-refractivity contribution in [2.24, 2.45) is 0 Å². The van der Waals surface area contributed by atoms with Gasteiger partial charge in [0.2, 0.25) is 10.0 Å². The van der Waals surface area contributed by atoms with Crippen molar-refractivity contribution in [1.29, 1.82) is 0 Å². The third-order valence-electron chi connectivity index (χ3n) is 2.51. The van der Waals surface area contributed by atoms with Crippen LogP contribution in [0.2, 0.25) is 0 Å². The summed E-state index contributed by atoms with van der Waals surface area (Å²) in [6, 6.07) is 8.37. The van der Waals surface area contributed by atoms with E-state index in [1.165, 1.54) is 0 Å². The number of nitrogens with one attached hydrogen (secondary N) is 1. The second-order valence-electron chi connectivity index (χ2n) is 4.01. The molecule has 5 nitrogen and oxygen atoms in total. The summed E-state index contributed by atoms with van der Waals surface area (Å²) in [5.41, 5.74) is 0.790. The smallest absolute Gasteiger partial charge is 0.345 e. The number of thiophene rings is 1. The molecule has 0 bridgehead atoms. The largest absolute Gasteiger partial charge is 0.477 e. The molecular formula is C12H9Br2NO4S2. The first-order valence-electron chi connectivity index (χ1n) is 5.56. The van der Waals surface area contributed by atoms with E-state index < -0.39 is 16.0 Å².